The van der Waals surface area contributed by atoms with E-state index in [1.165, 1.54) is 6.20 Å². The highest BCUT2D eigenvalue weighted by molar-refractivity contribution is 6.20. The molecule has 0 saturated carbocycles. The van der Waals surface area contributed by atoms with Crippen molar-refractivity contribution in [3.8, 4) is 6.07 Å². The highest BCUT2D eigenvalue weighted by Gasteiger charge is 2.32. The Balaban J connectivity index is 2.38. The molecule has 0 aromatic carbocycles. The molecule has 1 aliphatic rings. The van der Waals surface area contributed by atoms with Gasteiger partial charge in [-0.1, -0.05) is 13.0 Å². The Morgan fingerprint density at radius 2 is 1.78 bits per heavy atom. The zero-order chi connectivity index (χ0) is 16.4. The first kappa shape index (κ1) is 14.8. The lowest BCUT2D eigenvalue weighted by Crippen LogP contribution is -2.19. The van der Waals surface area contributed by atoms with E-state index in [2.05, 4.69) is 9.97 Å². The second-order valence-electron chi connectivity index (χ2n) is 5.16. The van der Waals surface area contributed by atoms with Gasteiger partial charge in [-0.2, -0.15) is 5.26 Å². The standard InChI is InChI=1S/C18H13N3O2/c1-2-5-14(22)13(10-19)15-11-6-3-9-21-17(11)18(23)12-7-4-8-20-16(12)15/h3-4,6-9H,2,5H2,1H3/b15-13+. The Hall–Kier alpha value is -3.13. The van der Waals surface area contributed by atoms with Crippen molar-refractivity contribution in [2.45, 2.75) is 19.8 Å². The maximum Gasteiger partial charge on any atom is 0.214 e. The number of nitriles is 1. The lowest BCUT2D eigenvalue weighted by atomic mass is 9.83. The van der Waals surface area contributed by atoms with Gasteiger partial charge in [-0.05, 0) is 24.6 Å². The molecule has 0 fully saturated rings. The number of nitrogens with zero attached hydrogens (tertiary/aromatic N) is 3. The Morgan fingerprint density at radius 3 is 2.43 bits per heavy atom. The molecule has 2 aromatic heterocycles. The zero-order valence-electron chi connectivity index (χ0n) is 12.5. The van der Waals surface area contributed by atoms with Crippen molar-refractivity contribution in [1.29, 1.82) is 5.26 Å². The number of ketones is 2. The summed E-state index contributed by atoms with van der Waals surface area (Å²) in [5.74, 6) is -0.488. The van der Waals surface area contributed by atoms with Gasteiger partial charge in [0.1, 0.15) is 17.3 Å². The van der Waals surface area contributed by atoms with Crippen LogP contribution in [0.25, 0.3) is 5.57 Å². The molecule has 1 aliphatic carbocycles. The first-order valence-electron chi connectivity index (χ1n) is 7.32. The molecule has 0 saturated heterocycles. The van der Waals surface area contributed by atoms with E-state index in [0.717, 1.165) is 0 Å². The maximum atomic E-state index is 12.6. The van der Waals surface area contributed by atoms with Crippen LogP contribution in [-0.4, -0.2) is 21.5 Å². The van der Waals surface area contributed by atoms with Gasteiger partial charge in [-0.15, -0.1) is 0 Å². The number of pyridine rings is 2. The lowest BCUT2D eigenvalue weighted by Gasteiger charge is -2.20. The molecule has 0 N–H and O–H groups in total. The SMILES string of the molecule is CCCC(=O)/C(C#N)=C1\c2cccnc2C(=O)c2cccnc21. The minimum absolute atomic E-state index is 0.0357. The highest BCUT2D eigenvalue weighted by atomic mass is 16.1. The van der Waals surface area contributed by atoms with Crippen molar-refractivity contribution in [3.05, 3.63) is 64.7 Å². The molecule has 0 amide bonds. The predicted molar refractivity (Wildman–Crippen MR) is 83.5 cm³/mol. The molecule has 0 spiro atoms. The Labute approximate surface area is 133 Å². The lowest BCUT2D eigenvalue weighted by molar-refractivity contribution is -0.115. The molecule has 0 bridgehead atoms. The van der Waals surface area contributed by atoms with Crippen LogP contribution in [-0.2, 0) is 4.79 Å². The third-order valence-electron chi connectivity index (χ3n) is 3.70. The fourth-order valence-corrected chi connectivity index (χ4v) is 2.69. The normalized spacial score (nSPS) is 14.5. The van der Waals surface area contributed by atoms with Crippen molar-refractivity contribution in [2.75, 3.05) is 0 Å². The van der Waals surface area contributed by atoms with Gasteiger partial charge in [-0.25, -0.2) is 0 Å². The summed E-state index contributed by atoms with van der Waals surface area (Å²) in [7, 11) is 0. The van der Waals surface area contributed by atoms with Gasteiger partial charge in [0.25, 0.3) is 0 Å². The Bertz CT molecular complexity index is 840. The third-order valence-corrected chi connectivity index (χ3v) is 3.70. The minimum Gasteiger partial charge on any atom is -0.293 e. The monoisotopic (exact) mass is 303 g/mol. The van der Waals surface area contributed by atoms with E-state index in [9.17, 15) is 14.9 Å². The van der Waals surface area contributed by atoms with Gasteiger partial charge in [0.05, 0.1) is 11.3 Å². The first-order valence-corrected chi connectivity index (χ1v) is 7.32. The van der Waals surface area contributed by atoms with Crippen LogP contribution in [0.5, 0.6) is 0 Å². The van der Waals surface area contributed by atoms with Crippen LogP contribution in [0.1, 0.15) is 47.1 Å². The summed E-state index contributed by atoms with van der Waals surface area (Å²) in [6.07, 6.45) is 3.99. The van der Waals surface area contributed by atoms with E-state index >= 15 is 0 Å². The topological polar surface area (TPSA) is 83.7 Å². The highest BCUT2D eigenvalue weighted by Crippen LogP contribution is 2.36. The number of allylic oxidation sites excluding steroid dienone is 1. The number of aromatic nitrogens is 2. The maximum absolute atomic E-state index is 12.6. The van der Waals surface area contributed by atoms with Crippen molar-refractivity contribution >= 4 is 17.1 Å². The summed E-state index contributed by atoms with van der Waals surface area (Å²) in [6, 6.07) is 8.68. The second-order valence-corrected chi connectivity index (χ2v) is 5.16. The van der Waals surface area contributed by atoms with E-state index < -0.39 is 0 Å². The molecule has 5 nitrogen and oxygen atoms in total. The molecule has 0 unspecified atom stereocenters. The van der Waals surface area contributed by atoms with E-state index in [0.29, 0.717) is 28.8 Å². The summed E-state index contributed by atoms with van der Waals surface area (Å²) in [6.45, 7) is 1.88. The minimum atomic E-state index is -0.245. The number of hydrogen-bond donors (Lipinski definition) is 0. The van der Waals surface area contributed by atoms with E-state index in [1.807, 2.05) is 13.0 Å². The molecule has 5 heteroatoms. The van der Waals surface area contributed by atoms with E-state index in [-0.39, 0.29) is 29.3 Å². The molecule has 0 radical (unpaired) electrons. The molecule has 0 atom stereocenters. The van der Waals surface area contributed by atoms with Crippen molar-refractivity contribution in [2.24, 2.45) is 0 Å². The molecule has 2 heterocycles. The quantitative estimate of drug-likeness (QED) is 0.548. The summed E-state index contributed by atoms with van der Waals surface area (Å²) in [4.78, 5) is 33.3. The van der Waals surface area contributed by atoms with E-state index in [1.54, 1.807) is 30.5 Å². The van der Waals surface area contributed by atoms with Gasteiger partial charge in [0.2, 0.25) is 5.78 Å². The summed E-state index contributed by atoms with van der Waals surface area (Å²) in [5, 5.41) is 9.53. The van der Waals surface area contributed by atoms with Crippen molar-refractivity contribution in [3.63, 3.8) is 0 Å². The van der Waals surface area contributed by atoms with Crippen LogP contribution in [0.2, 0.25) is 0 Å². The summed E-state index contributed by atoms with van der Waals surface area (Å²) < 4.78 is 0. The molecule has 3 rings (SSSR count). The van der Waals surface area contributed by atoms with Crippen molar-refractivity contribution < 1.29 is 9.59 Å². The number of carbonyl (C=O) groups is 2. The smallest absolute Gasteiger partial charge is 0.214 e. The molecule has 23 heavy (non-hydrogen) atoms. The summed E-state index contributed by atoms with van der Waals surface area (Å²) >= 11 is 0. The predicted octanol–water partition coefficient (Wildman–Crippen LogP) is 2.72. The van der Waals surface area contributed by atoms with Gasteiger partial charge >= 0.3 is 0 Å². The number of rotatable bonds is 3. The number of fused-ring (bicyclic) bond motifs is 2. The zero-order valence-corrected chi connectivity index (χ0v) is 12.5. The average molecular weight is 303 g/mol. The second kappa shape index (κ2) is 5.93. The fraction of sp³-hybridized carbons (Fsp3) is 0.167. The van der Waals surface area contributed by atoms with Crippen LogP contribution >= 0.6 is 0 Å². The number of hydrogen-bond acceptors (Lipinski definition) is 5. The molecular formula is C18H13N3O2. The van der Waals surface area contributed by atoms with Crippen LogP contribution in [0.3, 0.4) is 0 Å². The third kappa shape index (κ3) is 2.34. The Morgan fingerprint density at radius 1 is 1.13 bits per heavy atom. The number of Topliss-reactive ketones (excluding diaryl/α,β-unsaturated/α-hetero) is 1. The average Bonchev–Trinajstić information content (AvgIpc) is 2.59. The van der Waals surface area contributed by atoms with Gasteiger partial charge in [0, 0.05) is 30.0 Å². The molecular weight excluding hydrogens is 290 g/mol. The first-order chi connectivity index (χ1) is 11.2. The van der Waals surface area contributed by atoms with Crippen LogP contribution in [0.15, 0.2) is 42.2 Å². The fourth-order valence-electron chi connectivity index (χ4n) is 2.69. The summed E-state index contributed by atoms with van der Waals surface area (Å²) in [5.41, 5.74) is 1.92. The van der Waals surface area contributed by atoms with Gasteiger partial charge < -0.3 is 0 Å². The Kier molecular flexibility index (Phi) is 3.82. The molecule has 0 aliphatic heterocycles. The van der Waals surface area contributed by atoms with E-state index in [4.69, 9.17) is 0 Å². The van der Waals surface area contributed by atoms with Crippen LogP contribution < -0.4 is 0 Å². The van der Waals surface area contributed by atoms with Crippen molar-refractivity contribution in [1.82, 2.24) is 9.97 Å². The van der Waals surface area contributed by atoms with Gasteiger partial charge in [0.15, 0.2) is 5.78 Å². The largest absolute Gasteiger partial charge is 0.293 e. The molecule has 2 aromatic rings. The number of carbonyl (C=O) groups excluding carboxylic acids is 2. The van der Waals surface area contributed by atoms with Gasteiger partial charge in [-0.3, -0.25) is 19.6 Å². The van der Waals surface area contributed by atoms with Crippen LogP contribution in [0.4, 0.5) is 0 Å². The van der Waals surface area contributed by atoms with Crippen LogP contribution in [0, 0.1) is 11.3 Å². The molecule has 112 valence electrons.